The Hall–Kier alpha value is -1.35. The summed E-state index contributed by atoms with van der Waals surface area (Å²) in [6.07, 6.45) is 5.10. The highest BCUT2D eigenvalue weighted by atomic mass is 16.3. The van der Waals surface area contributed by atoms with E-state index in [1.54, 1.807) is 18.2 Å². The van der Waals surface area contributed by atoms with E-state index in [1.165, 1.54) is 19.3 Å². The van der Waals surface area contributed by atoms with Crippen LogP contribution in [0.15, 0.2) is 24.3 Å². The quantitative estimate of drug-likeness (QED) is 0.842. The molecule has 1 atom stereocenters. The first-order valence-electron chi connectivity index (χ1n) is 6.27. The van der Waals surface area contributed by atoms with Crippen LogP contribution in [-0.2, 0) is 0 Å². The SMILES string of the molecule is NC(=O)c1ccccc1C(O)C1CCCCC1. The van der Waals surface area contributed by atoms with Crippen molar-refractivity contribution in [1.82, 2.24) is 0 Å². The van der Waals surface area contributed by atoms with Crippen LogP contribution in [0.1, 0.15) is 54.1 Å². The summed E-state index contributed by atoms with van der Waals surface area (Å²) in [7, 11) is 0. The molecule has 0 bridgehead atoms. The lowest BCUT2D eigenvalue weighted by atomic mass is 9.81. The first kappa shape index (κ1) is 12.1. The summed E-state index contributed by atoms with van der Waals surface area (Å²) in [6, 6.07) is 7.11. The van der Waals surface area contributed by atoms with Gasteiger partial charge in [0.05, 0.1) is 6.10 Å². The van der Waals surface area contributed by atoms with Crippen LogP contribution in [-0.4, -0.2) is 11.0 Å². The van der Waals surface area contributed by atoms with Gasteiger partial charge in [-0.05, 0) is 30.4 Å². The van der Waals surface area contributed by atoms with Crippen molar-refractivity contribution < 1.29 is 9.90 Å². The highest BCUT2D eigenvalue weighted by Crippen LogP contribution is 2.35. The Morgan fingerprint density at radius 1 is 1.24 bits per heavy atom. The summed E-state index contributed by atoms with van der Waals surface area (Å²) in [6.45, 7) is 0. The average molecular weight is 233 g/mol. The van der Waals surface area contributed by atoms with Crippen molar-refractivity contribution in [2.24, 2.45) is 11.7 Å². The van der Waals surface area contributed by atoms with Gasteiger partial charge < -0.3 is 10.8 Å². The van der Waals surface area contributed by atoms with E-state index in [0.717, 1.165) is 12.8 Å². The minimum atomic E-state index is -0.556. The van der Waals surface area contributed by atoms with E-state index in [2.05, 4.69) is 0 Å². The summed E-state index contributed by atoms with van der Waals surface area (Å²) >= 11 is 0. The third kappa shape index (κ3) is 2.67. The zero-order chi connectivity index (χ0) is 12.3. The predicted molar refractivity (Wildman–Crippen MR) is 66.5 cm³/mol. The molecule has 1 aromatic rings. The number of carbonyl (C=O) groups is 1. The molecule has 1 aromatic carbocycles. The van der Waals surface area contributed by atoms with E-state index < -0.39 is 12.0 Å². The summed E-state index contributed by atoms with van der Waals surface area (Å²) in [5, 5.41) is 10.4. The van der Waals surface area contributed by atoms with Crippen molar-refractivity contribution in [3.05, 3.63) is 35.4 Å². The summed E-state index contributed by atoms with van der Waals surface area (Å²) < 4.78 is 0. The van der Waals surface area contributed by atoms with Gasteiger partial charge in [0.15, 0.2) is 0 Å². The van der Waals surface area contributed by atoms with Crippen molar-refractivity contribution in [2.45, 2.75) is 38.2 Å². The van der Waals surface area contributed by atoms with Crippen LogP contribution in [0.2, 0.25) is 0 Å². The fourth-order valence-corrected chi connectivity index (χ4v) is 2.68. The molecule has 3 N–H and O–H groups in total. The molecule has 0 saturated heterocycles. The van der Waals surface area contributed by atoms with E-state index >= 15 is 0 Å². The largest absolute Gasteiger partial charge is 0.388 e. The smallest absolute Gasteiger partial charge is 0.249 e. The number of carbonyl (C=O) groups excluding carboxylic acids is 1. The molecule has 1 aliphatic rings. The Morgan fingerprint density at radius 3 is 2.53 bits per heavy atom. The molecule has 0 radical (unpaired) electrons. The molecule has 3 heteroatoms. The standard InChI is InChI=1S/C14H19NO2/c15-14(17)12-9-5-4-8-11(12)13(16)10-6-2-1-3-7-10/h4-5,8-10,13,16H,1-3,6-7H2,(H2,15,17). The molecular formula is C14H19NO2. The average Bonchev–Trinajstić information content (AvgIpc) is 2.39. The van der Waals surface area contributed by atoms with Crippen LogP contribution in [0.4, 0.5) is 0 Å². The van der Waals surface area contributed by atoms with Gasteiger partial charge >= 0.3 is 0 Å². The molecule has 3 nitrogen and oxygen atoms in total. The molecule has 0 spiro atoms. The molecule has 92 valence electrons. The molecule has 1 saturated carbocycles. The molecule has 1 fully saturated rings. The van der Waals surface area contributed by atoms with Gasteiger partial charge in [-0.1, -0.05) is 37.5 Å². The van der Waals surface area contributed by atoms with Gasteiger partial charge in [-0.3, -0.25) is 4.79 Å². The molecular weight excluding hydrogens is 214 g/mol. The Morgan fingerprint density at radius 2 is 1.88 bits per heavy atom. The van der Waals surface area contributed by atoms with Gasteiger partial charge in [0.1, 0.15) is 0 Å². The number of hydrogen-bond acceptors (Lipinski definition) is 2. The lowest BCUT2D eigenvalue weighted by Crippen LogP contribution is -2.21. The topological polar surface area (TPSA) is 63.3 Å². The number of hydrogen-bond donors (Lipinski definition) is 2. The lowest BCUT2D eigenvalue weighted by Gasteiger charge is -2.27. The van der Waals surface area contributed by atoms with Crippen molar-refractivity contribution in [1.29, 1.82) is 0 Å². The fraction of sp³-hybridized carbons (Fsp3) is 0.500. The van der Waals surface area contributed by atoms with Gasteiger partial charge in [0.25, 0.3) is 0 Å². The lowest BCUT2D eigenvalue weighted by molar-refractivity contribution is 0.0818. The maximum Gasteiger partial charge on any atom is 0.249 e. The fourth-order valence-electron chi connectivity index (χ4n) is 2.68. The van der Waals surface area contributed by atoms with Gasteiger partial charge in [0.2, 0.25) is 5.91 Å². The minimum Gasteiger partial charge on any atom is -0.388 e. The van der Waals surface area contributed by atoms with Gasteiger partial charge in [0, 0.05) is 5.56 Å². The number of benzene rings is 1. The highest BCUT2D eigenvalue weighted by molar-refractivity contribution is 5.94. The van der Waals surface area contributed by atoms with Crippen molar-refractivity contribution >= 4 is 5.91 Å². The maximum absolute atomic E-state index is 11.3. The van der Waals surface area contributed by atoms with Crippen LogP contribution in [0.5, 0.6) is 0 Å². The Kier molecular flexibility index (Phi) is 3.79. The predicted octanol–water partition coefficient (Wildman–Crippen LogP) is 2.40. The molecule has 2 rings (SSSR count). The third-order valence-electron chi connectivity index (χ3n) is 3.64. The van der Waals surface area contributed by atoms with E-state index in [1.807, 2.05) is 6.07 Å². The van der Waals surface area contributed by atoms with Crippen LogP contribution in [0, 0.1) is 5.92 Å². The summed E-state index contributed by atoms with van der Waals surface area (Å²) in [5.41, 5.74) is 6.47. The number of nitrogens with two attached hydrogens (primary N) is 1. The monoisotopic (exact) mass is 233 g/mol. The summed E-state index contributed by atoms with van der Waals surface area (Å²) in [4.78, 5) is 11.3. The number of rotatable bonds is 3. The Bertz CT molecular complexity index is 397. The molecule has 1 aliphatic carbocycles. The van der Waals surface area contributed by atoms with Crippen molar-refractivity contribution in [3.63, 3.8) is 0 Å². The van der Waals surface area contributed by atoms with Gasteiger partial charge in [-0.25, -0.2) is 0 Å². The number of amides is 1. The van der Waals surface area contributed by atoms with E-state index in [4.69, 9.17) is 5.73 Å². The Balaban J connectivity index is 2.23. The van der Waals surface area contributed by atoms with Crippen LogP contribution in [0.25, 0.3) is 0 Å². The molecule has 0 heterocycles. The zero-order valence-electron chi connectivity index (χ0n) is 9.93. The van der Waals surface area contributed by atoms with E-state index in [0.29, 0.717) is 11.1 Å². The summed E-state index contributed by atoms with van der Waals surface area (Å²) in [5.74, 6) is -0.195. The van der Waals surface area contributed by atoms with Crippen LogP contribution < -0.4 is 5.73 Å². The first-order valence-corrected chi connectivity index (χ1v) is 6.27. The van der Waals surface area contributed by atoms with E-state index in [-0.39, 0.29) is 5.92 Å². The van der Waals surface area contributed by atoms with Crippen molar-refractivity contribution in [2.75, 3.05) is 0 Å². The second kappa shape index (κ2) is 5.32. The molecule has 1 amide bonds. The number of aliphatic hydroxyl groups is 1. The number of primary amides is 1. The Labute approximate surface area is 102 Å². The van der Waals surface area contributed by atoms with E-state index in [9.17, 15) is 9.90 Å². The van der Waals surface area contributed by atoms with Gasteiger partial charge in [-0.2, -0.15) is 0 Å². The first-order chi connectivity index (χ1) is 8.20. The maximum atomic E-state index is 11.3. The minimum absolute atomic E-state index is 0.268. The number of aliphatic hydroxyl groups excluding tert-OH is 1. The van der Waals surface area contributed by atoms with Crippen LogP contribution >= 0.6 is 0 Å². The highest BCUT2D eigenvalue weighted by Gasteiger charge is 2.25. The third-order valence-corrected chi connectivity index (χ3v) is 3.64. The van der Waals surface area contributed by atoms with Crippen molar-refractivity contribution in [3.8, 4) is 0 Å². The second-order valence-corrected chi connectivity index (χ2v) is 4.79. The zero-order valence-corrected chi connectivity index (χ0v) is 9.93. The molecule has 17 heavy (non-hydrogen) atoms. The molecule has 0 aliphatic heterocycles. The van der Waals surface area contributed by atoms with Crippen LogP contribution in [0.3, 0.4) is 0 Å². The molecule has 0 aromatic heterocycles. The second-order valence-electron chi connectivity index (χ2n) is 4.79. The van der Waals surface area contributed by atoms with Gasteiger partial charge in [-0.15, -0.1) is 0 Å². The normalized spacial score (nSPS) is 18.9. The molecule has 1 unspecified atom stereocenters.